The van der Waals surface area contributed by atoms with E-state index in [1.54, 1.807) is 11.1 Å². The van der Waals surface area contributed by atoms with Crippen LogP contribution in [0.4, 0.5) is 14.6 Å². The van der Waals surface area contributed by atoms with E-state index in [9.17, 15) is 18.8 Å². The van der Waals surface area contributed by atoms with Crippen molar-refractivity contribution >= 4 is 23.3 Å². The zero-order chi connectivity index (χ0) is 21.8. The lowest BCUT2D eigenvalue weighted by molar-refractivity contribution is -0.143. The Hall–Kier alpha value is -2.76. The second-order valence-corrected chi connectivity index (χ2v) is 8.85. The first-order valence-corrected chi connectivity index (χ1v) is 10.6. The van der Waals surface area contributed by atoms with Gasteiger partial charge in [0.05, 0.1) is 23.1 Å². The number of nitrogens with zero attached hydrogens (tertiary/aromatic N) is 5. The van der Waals surface area contributed by atoms with Gasteiger partial charge >= 0.3 is 0 Å². The van der Waals surface area contributed by atoms with Gasteiger partial charge in [-0.25, -0.2) is 18.8 Å². The SMILES string of the molecule is N#Cc1cc(Cl)nc(N2CCC3(CC2)CN2CC[C@@H](c4cc(F)cc(F)c4)N2C3=O)c1. The molecule has 1 aromatic heterocycles. The van der Waals surface area contributed by atoms with Gasteiger partial charge in [0.25, 0.3) is 0 Å². The maximum absolute atomic E-state index is 13.8. The Morgan fingerprint density at radius 2 is 1.81 bits per heavy atom. The van der Waals surface area contributed by atoms with Crippen LogP contribution in [0.2, 0.25) is 5.15 Å². The number of anilines is 1. The van der Waals surface area contributed by atoms with Gasteiger partial charge in [-0.3, -0.25) is 9.80 Å². The van der Waals surface area contributed by atoms with Crippen molar-refractivity contribution in [2.75, 3.05) is 31.1 Å². The van der Waals surface area contributed by atoms with Crippen LogP contribution in [-0.4, -0.2) is 47.1 Å². The van der Waals surface area contributed by atoms with Gasteiger partial charge in [0, 0.05) is 32.2 Å². The number of amides is 1. The molecule has 3 saturated heterocycles. The lowest BCUT2D eigenvalue weighted by Crippen LogP contribution is -2.46. The van der Waals surface area contributed by atoms with Gasteiger partial charge in [-0.2, -0.15) is 5.26 Å². The molecule has 2 aromatic rings. The second-order valence-electron chi connectivity index (χ2n) is 8.46. The number of pyridine rings is 1. The molecular weight excluding hydrogens is 424 g/mol. The first-order valence-electron chi connectivity index (χ1n) is 10.3. The van der Waals surface area contributed by atoms with Gasteiger partial charge in [-0.1, -0.05) is 11.6 Å². The van der Waals surface area contributed by atoms with E-state index >= 15 is 0 Å². The summed E-state index contributed by atoms with van der Waals surface area (Å²) in [5.74, 6) is -0.600. The van der Waals surface area contributed by atoms with Gasteiger partial charge in [-0.15, -0.1) is 0 Å². The minimum Gasteiger partial charge on any atom is -0.356 e. The molecule has 0 N–H and O–H groups in total. The maximum Gasteiger partial charge on any atom is 0.245 e. The number of carbonyl (C=O) groups is 1. The third kappa shape index (κ3) is 3.42. The number of piperidine rings is 1. The van der Waals surface area contributed by atoms with Crippen LogP contribution in [0.15, 0.2) is 30.3 Å². The number of carbonyl (C=O) groups excluding carboxylic acids is 1. The van der Waals surface area contributed by atoms with E-state index in [1.165, 1.54) is 18.2 Å². The smallest absolute Gasteiger partial charge is 0.245 e. The molecule has 0 saturated carbocycles. The van der Waals surface area contributed by atoms with E-state index < -0.39 is 17.0 Å². The van der Waals surface area contributed by atoms with Crippen molar-refractivity contribution < 1.29 is 13.6 Å². The summed E-state index contributed by atoms with van der Waals surface area (Å²) in [5.41, 5.74) is 0.427. The van der Waals surface area contributed by atoms with E-state index in [0.29, 0.717) is 62.4 Å². The van der Waals surface area contributed by atoms with Crippen LogP contribution in [0, 0.1) is 28.4 Å². The number of hydrogen-bond donors (Lipinski definition) is 0. The zero-order valence-electron chi connectivity index (χ0n) is 16.7. The predicted octanol–water partition coefficient (Wildman–Crippen LogP) is 3.68. The fourth-order valence-corrected chi connectivity index (χ4v) is 5.31. The molecule has 5 rings (SSSR count). The third-order valence-electron chi connectivity index (χ3n) is 6.63. The number of aromatic nitrogens is 1. The highest BCUT2D eigenvalue weighted by atomic mass is 35.5. The molecule has 3 aliphatic heterocycles. The quantitative estimate of drug-likeness (QED) is 0.662. The summed E-state index contributed by atoms with van der Waals surface area (Å²) >= 11 is 6.04. The highest BCUT2D eigenvalue weighted by Gasteiger charge is 2.56. The molecule has 4 heterocycles. The summed E-state index contributed by atoms with van der Waals surface area (Å²) in [7, 11) is 0. The van der Waals surface area contributed by atoms with Crippen LogP contribution in [0.3, 0.4) is 0 Å². The monoisotopic (exact) mass is 443 g/mol. The summed E-state index contributed by atoms with van der Waals surface area (Å²) in [6, 6.07) is 8.45. The van der Waals surface area contributed by atoms with Crippen molar-refractivity contribution in [1.82, 2.24) is 15.0 Å². The Kier molecular flexibility index (Phi) is 4.83. The Morgan fingerprint density at radius 3 is 2.48 bits per heavy atom. The molecule has 9 heteroatoms. The topological polar surface area (TPSA) is 63.5 Å². The first-order chi connectivity index (χ1) is 14.9. The van der Waals surface area contributed by atoms with Gasteiger partial charge < -0.3 is 4.90 Å². The van der Waals surface area contributed by atoms with E-state index in [2.05, 4.69) is 11.1 Å². The summed E-state index contributed by atoms with van der Waals surface area (Å²) < 4.78 is 27.5. The van der Waals surface area contributed by atoms with Gasteiger partial charge in [0.15, 0.2) is 0 Å². The molecule has 1 aromatic carbocycles. The summed E-state index contributed by atoms with van der Waals surface area (Å²) in [4.78, 5) is 19.9. The summed E-state index contributed by atoms with van der Waals surface area (Å²) in [6.07, 6.45) is 1.93. The molecule has 0 unspecified atom stereocenters. The van der Waals surface area contributed by atoms with Crippen molar-refractivity contribution in [2.24, 2.45) is 5.41 Å². The molecule has 1 atom stereocenters. The molecule has 160 valence electrons. The molecular formula is C22H20ClF2N5O. The number of hydrogen-bond acceptors (Lipinski definition) is 5. The molecule has 31 heavy (non-hydrogen) atoms. The van der Waals surface area contributed by atoms with Crippen LogP contribution < -0.4 is 4.90 Å². The van der Waals surface area contributed by atoms with Crippen molar-refractivity contribution in [2.45, 2.75) is 25.3 Å². The minimum atomic E-state index is -0.631. The Balaban J connectivity index is 1.35. The van der Waals surface area contributed by atoms with Gasteiger partial charge in [-0.05, 0) is 49.1 Å². The van der Waals surface area contributed by atoms with E-state index in [1.807, 2.05) is 9.91 Å². The molecule has 6 nitrogen and oxygen atoms in total. The molecule has 1 spiro atoms. The fraction of sp³-hybridized carbons (Fsp3) is 0.409. The van der Waals surface area contributed by atoms with Crippen LogP contribution in [-0.2, 0) is 4.79 Å². The number of hydrazine groups is 1. The number of rotatable bonds is 2. The fourth-order valence-electron chi connectivity index (χ4n) is 5.10. The molecule has 3 fully saturated rings. The van der Waals surface area contributed by atoms with Gasteiger partial charge in [0.1, 0.15) is 22.6 Å². The molecule has 0 aliphatic carbocycles. The maximum atomic E-state index is 13.8. The minimum absolute atomic E-state index is 0.0242. The van der Waals surface area contributed by atoms with E-state index in [0.717, 1.165) is 6.07 Å². The highest BCUT2D eigenvalue weighted by molar-refractivity contribution is 6.29. The van der Waals surface area contributed by atoms with Crippen LogP contribution in [0.25, 0.3) is 0 Å². The lowest BCUT2D eigenvalue weighted by atomic mass is 9.77. The van der Waals surface area contributed by atoms with Crippen LogP contribution >= 0.6 is 11.6 Å². The number of benzene rings is 1. The van der Waals surface area contributed by atoms with Crippen LogP contribution in [0.1, 0.15) is 36.4 Å². The number of halogens is 3. The molecule has 1 amide bonds. The Labute approximate surface area is 183 Å². The van der Waals surface area contributed by atoms with Gasteiger partial charge in [0.2, 0.25) is 5.91 Å². The third-order valence-corrected chi connectivity index (χ3v) is 6.83. The van der Waals surface area contributed by atoms with Crippen molar-refractivity contribution in [3.05, 3.63) is 58.2 Å². The number of fused-ring (bicyclic) bond motifs is 1. The standard InChI is InChI=1S/C22H20ClF2N5O/c23-19-7-14(12-26)8-20(27-19)28-5-2-22(3-6-28)13-29-4-1-18(30(29)21(22)31)15-9-16(24)11-17(25)10-15/h7-11,18H,1-6,13H2/t18-/m0/s1. The Bertz CT molecular complexity index is 1080. The molecule has 3 aliphatic rings. The molecule has 0 radical (unpaired) electrons. The first kappa shape index (κ1) is 20.2. The van der Waals surface area contributed by atoms with Crippen molar-refractivity contribution in [3.63, 3.8) is 0 Å². The molecule has 0 bridgehead atoms. The lowest BCUT2D eigenvalue weighted by Gasteiger charge is -2.38. The normalized spacial score (nSPS) is 22.8. The van der Waals surface area contributed by atoms with Crippen molar-refractivity contribution in [3.8, 4) is 6.07 Å². The van der Waals surface area contributed by atoms with E-state index in [4.69, 9.17) is 11.6 Å². The average molecular weight is 444 g/mol. The largest absolute Gasteiger partial charge is 0.356 e. The average Bonchev–Trinajstić information content (AvgIpc) is 3.26. The predicted molar refractivity (Wildman–Crippen MR) is 110 cm³/mol. The van der Waals surface area contributed by atoms with Crippen molar-refractivity contribution in [1.29, 1.82) is 5.26 Å². The summed E-state index contributed by atoms with van der Waals surface area (Å²) in [6.45, 7) is 2.53. The Morgan fingerprint density at radius 1 is 1.10 bits per heavy atom. The summed E-state index contributed by atoms with van der Waals surface area (Å²) in [5, 5.41) is 13.2. The number of nitriles is 1. The second kappa shape index (κ2) is 7.43. The highest BCUT2D eigenvalue weighted by Crippen LogP contribution is 2.47. The zero-order valence-corrected chi connectivity index (χ0v) is 17.4. The van der Waals surface area contributed by atoms with Crippen LogP contribution in [0.5, 0.6) is 0 Å². The van der Waals surface area contributed by atoms with E-state index in [-0.39, 0.29) is 17.1 Å².